The Morgan fingerprint density at radius 3 is 2.58 bits per heavy atom. The lowest BCUT2D eigenvalue weighted by Crippen LogP contribution is -2.17. The topological polar surface area (TPSA) is 72.8 Å². The summed E-state index contributed by atoms with van der Waals surface area (Å²) < 4.78 is 11.1. The van der Waals surface area contributed by atoms with Crippen LogP contribution in [0, 0.1) is 6.92 Å². The third-order valence-corrected chi connectivity index (χ3v) is 3.12. The predicted molar refractivity (Wildman–Crippen MR) is 92.8 cm³/mol. The molecule has 0 unspecified atom stereocenters. The highest BCUT2D eigenvalue weighted by Gasteiger charge is 2.06. The Bertz CT molecular complexity index is 712. The monoisotopic (exact) mass is 327 g/mol. The van der Waals surface area contributed by atoms with Gasteiger partial charge in [0.05, 0.1) is 25.0 Å². The highest BCUT2D eigenvalue weighted by atomic mass is 16.5. The van der Waals surface area contributed by atoms with Crippen LogP contribution in [0.4, 0.5) is 0 Å². The van der Waals surface area contributed by atoms with Gasteiger partial charge in [-0.3, -0.25) is 9.78 Å². The Balaban J connectivity index is 2.04. The fraction of sp³-hybridized carbons (Fsp3) is 0.278. The zero-order valence-corrected chi connectivity index (χ0v) is 14.1. The number of carbonyl (C=O) groups excluding carboxylic acids is 1. The molecule has 0 saturated carbocycles. The molecule has 2 aromatic rings. The van der Waals surface area contributed by atoms with E-state index in [9.17, 15) is 4.79 Å². The van der Waals surface area contributed by atoms with Crippen molar-refractivity contribution < 1.29 is 14.3 Å². The normalized spacial score (nSPS) is 10.6. The maximum absolute atomic E-state index is 11.9. The fourth-order valence-electron chi connectivity index (χ4n) is 1.98. The first kappa shape index (κ1) is 17.5. The summed E-state index contributed by atoms with van der Waals surface area (Å²) in [7, 11) is 0. The second-order valence-corrected chi connectivity index (χ2v) is 4.96. The zero-order chi connectivity index (χ0) is 17.4. The van der Waals surface area contributed by atoms with E-state index in [1.165, 1.54) is 6.20 Å². The first-order chi connectivity index (χ1) is 11.6. The van der Waals surface area contributed by atoms with E-state index in [2.05, 4.69) is 15.5 Å². The molecule has 6 heteroatoms. The van der Waals surface area contributed by atoms with Gasteiger partial charge >= 0.3 is 0 Å². The Kier molecular flexibility index (Phi) is 6.31. The Hall–Kier alpha value is -2.89. The number of rotatable bonds is 7. The van der Waals surface area contributed by atoms with Gasteiger partial charge in [-0.05, 0) is 56.7 Å². The van der Waals surface area contributed by atoms with Crippen LogP contribution in [0.2, 0.25) is 0 Å². The van der Waals surface area contributed by atoms with E-state index < -0.39 is 0 Å². The first-order valence-corrected chi connectivity index (χ1v) is 7.79. The van der Waals surface area contributed by atoms with Crippen LogP contribution in [0.15, 0.2) is 41.6 Å². The Morgan fingerprint density at radius 1 is 1.17 bits per heavy atom. The quantitative estimate of drug-likeness (QED) is 0.627. The number of hydrogen-bond acceptors (Lipinski definition) is 5. The lowest BCUT2D eigenvalue weighted by Gasteiger charge is -2.11. The molecule has 0 atom stereocenters. The second-order valence-electron chi connectivity index (χ2n) is 4.96. The van der Waals surface area contributed by atoms with Gasteiger partial charge in [-0.15, -0.1) is 0 Å². The van der Waals surface area contributed by atoms with Crippen molar-refractivity contribution in [3.8, 4) is 11.5 Å². The Labute approximate surface area is 141 Å². The van der Waals surface area contributed by atoms with Crippen LogP contribution in [0.5, 0.6) is 11.5 Å². The second kappa shape index (κ2) is 8.67. The molecular formula is C18H21N3O3. The Morgan fingerprint density at radius 2 is 1.92 bits per heavy atom. The SMILES string of the molecule is CCOc1ccc(C=NNC(=O)c2ccc(C)nc2)cc1OCC. The van der Waals surface area contributed by atoms with Gasteiger partial charge < -0.3 is 9.47 Å². The van der Waals surface area contributed by atoms with Crippen molar-refractivity contribution in [1.29, 1.82) is 0 Å². The average Bonchev–Trinajstić information content (AvgIpc) is 2.58. The molecule has 0 aliphatic rings. The number of amides is 1. The minimum atomic E-state index is -0.310. The molecule has 1 amide bonds. The van der Waals surface area contributed by atoms with Crippen LogP contribution in [0.3, 0.4) is 0 Å². The van der Waals surface area contributed by atoms with Crippen LogP contribution in [0.1, 0.15) is 35.5 Å². The molecule has 1 aromatic carbocycles. The van der Waals surface area contributed by atoms with Crippen LogP contribution >= 0.6 is 0 Å². The molecular weight excluding hydrogens is 306 g/mol. The van der Waals surface area contributed by atoms with Crippen molar-refractivity contribution in [3.63, 3.8) is 0 Å². The van der Waals surface area contributed by atoms with Crippen molar-refractivity contribution in [2.75, 3.05) is 13.2 Å². The van der Waals surface area contributed by atoms with E-state index in [1.54, 1.807) is 18.3 Å². The summed E-state index contributed by atoms with van der Waals surface area (Å²) in [4.78, 5) is 16.0. The van der Waals surface area contributed by atoms with Crippen LogP contribution in [-0.4, -0.2) is 30.3 Å². The fourth-order valence-corrected chi connectivity index (χ4v) is 1.98. The van der Waals surface area contributed by atoms with Gasteiger partial charge in [0, 0.05) is 11.9 Å². The van der Waals surface area contributed by atoms with Gasteiger partial charge in [-0.1, -0.05) is 0 Å². The molecule has 0 radical (unpaired) electrons. The number of hydrogen-bond donors (Lipinski definition) is 1. The van der Waals surface area contributed by atoms with Crippen molar-refractivity contribution in [2.45, 2.75) is 20.8 Å². The van der Waals surface area contributed by atoms with Gasteiger partial charge in [0.2, 0.25) is 0 Å². The van der Waals surface area contributed by atoms with Gasteiger partial charge in [0.25, 0.3) is 5.91 Å². The number of aromatic nitrogens is 1. The molecule has 1 aromatic heterocycles. The average molecular weight is 327 g/mol. The van der Waals surface area contributed by atoms with E-state index in [0.29, 0.717) is 30.3 Å². The summed E-state index contributed by atoms with van der Waals surface area (Å²) in [5.41, 5.74) is 4.58. The van der Waals surface area contributed by atoms with Crippen molar-refractivity contribution in [3.05, 3.63) is 53.3 Å². The number of nitrogens with zero attached hydrogens (tertiary/aromatic N) is 2. The van der Waals surface area contributed by atoms with Crippen LogP contribution in [0.25, 0.3) is 0 Å². The largest absolute Gasteiger partial charge is 0.490 e. The van der Waals surface area contributed by atoms with E-state index in [0.717, 1.165) is 11.3 Å². The van der Waals surface area contributed by atoms with Gasteiger partial charge in [-0.2, -0.15) is 5.10 Å². The summed E-state index contributed by atoms with van der Waals surface area (Å²) in [6.45, 7) is 6.79. The molecule has 6 nitrogen and oxygen atoms in total. The van der Waals surface area contributed by atoms with Gasteiger partial charge in [0.15, 0.2) is 11.5 Å². The third-order valence-electron chi connectivity index (χ3n) is 3.12. The van der Waals surface area contributed by atoms with Gasteiger partial charge in [-0.25, -0.2) is 5.43 Å². The number of hydrazone groups is 1. The molecule has 24 heavy (non-hydrogen) atoms. The molecule has 2 rings (SSSR count). The number of aryl methyl sites for hydroxylation is 1. The zero-order valence-electron chi connectivity index (χ0n) is 14.1. The molecule has 0 spiro atoms. The summed E-state index contributed by atoms with van der Waals surface area (Å²) in [6, 6.07) is 8.96. The molecule has 1 N–H and O–H groups in total. The van der Waals surface area contributed by atoms with Crippen molar-refractivity contribution >= 4 is 12.1 Å². The van der Waals surface area contributed by atoms with E-state index in [-0.39, 0.29) is 5.91 Å². The first-order valence-electron chi connectivity index (χ1n) is 7.79. The number of benzene rings is 1. The van der Waals surface area contributed by atoms with Crippen molar-refractivity contribution in [2.24, 2.45) is 5.10 Å². The third kappa shape index (κ3) is 4.81. The lowest BCUT2D eigenvalue weighted by molar-refractivity contribution is 0.0955. The smallest absolute Gasteiger partial charge is 0.272 e. The summed E-state index contributed by atoms with van der Waals surface area (Å²) >= 11 is 0. The van der Waals surface area contributed by atoms with E-state index in [4.69, 9.17) is 9.47 Å². The molecule has 0 fully saturated rings. The molecule has 0 aliphatic carbocycles. The number of carbonyl (C=O) groups is 1. The number of nitrogens with one attached hydrogen (secondary N) is 1. The maximum Gasteiger partial charge on any atom is 0.272 e. The molecule has 126 valence electrons. The number of ether oxygens (including phenoxy) is 2. The lowest BCUT2D eigenvalue weighted by atomic mass is 10.2. The highest BCUT2D eigenvalue weighted by Crippen LogP contribution is 2.27. The molecule has 0 bridgehead atoms. The molecule has 1 heterocycles. The predicted octanol–water partition coefficient (Wildman–Crippen LogP) is 2.95. The summed E-state index contributed by atoms with van der Waals surface area (Å²) in [5, 5.41) is 3.97. The minimum Gasteiger partial charge on any atom is -0.490 e. The van der Waals surface area contributed by atoms with Crippen LogP contribution in [-0.2, 0) is 0 Å². The standard InChI is InChI=1S/C18H21N3O3/c1-4-23-16-9-7-14(10-17(16)24-5-2)11-20-21-18(22)15-8-6-13(3)19-12-15/h6-12H,4-5H2,1-3H3,(H,21,22). The number of pyridine rings is 1. The van der Waals surface area contributed by atoms with E-state index in [1.807, 2.05) is 39.0 Å². The summed E-state index contributed by atoms with van der Waals surface area (Å²) in [5.74, 6) is 1.03. The highest BCUT2D eigenvalue weighted by molar-refractivity contribution is 5.94. The van der Waals surface area contributed by atoms with E-state index >= 15 is 0 Å². The van der Waals surface area contributed by atoms with Crippen molar-refractivity contribution in [1.82, 2.24) is 10.4 Å². The van der Waals surface area contributed by atoms with Gasteiger partial charge in [0.1, 0.15) is 0 Å². The maximum atomic E-state index is 11.9. The van der Waals surface area contributed by atoms with Crippen LogP contribution < -0.4 is 14.9 Å². The summed E-state index contributed by atoms with van der Waals surface area (Å²) in [6.07, 6.45) is 3.07. The molecule has 0 saturated heterocycles. The molecule has 0 aliphatic heterocycles. The minimum absolute atomic E-state index is 0.310.